The fraction of sp³-hybridized carbons (Fsp3) is 0.588. The molecule has 114 valence electrons. The van der Waals surface area contributed by atoms with Crippen molar-refractivity contribution in [3.05, 3.63) is 35.4 Å². The number of benzene rings is 1. The molecule has 2 saturated heterocycles. The third-order valence-electron chi connectivity index (χ3n) is 5.16. The molecule has 0 aliphatic carbocycles. The van der Waals surface area contributed by atoms with Crippen LogP contribution in [0.4, 0.5) is 0 Å². The van der Waals surface area contributed by atoms with Gasteiger partial charge in [0.1, 0.15) is 6.04 Å². The number of rotatable bonds is 2. The molecular formula is C17H25N3O. The molecule has 2 fully saturated rings. The topological polar surface area (TPSA) is 49.6 Å². The highest BCUT2D eigenvalue weighted by atomic mass is 16.2. The molecule has 2 aliphatic heterocycles. The Kier molecular flexibility index (Phi) is 4.00. The SMILES string of the molecule is Cc1ccc(C(N)C(=O)N2CCC3CCC(C2)N3C)cc1. The average Bonchev–Trinajstić information content (AvgIpc) is 2.71. The number of likely N-dealkylation sites (N-methyl/N-ethyl adjacent to an activating group) is 1. The van der Waals surface area contributed by atoms with Crippen molar-refractivity contribution in [1.29, 1.82) is 0 Å². The third-order valence-corrected chi connectivity index (χ3v) is 5.16. The summed E-state index contributed by atoms with van der Waals surface area (Å²) in [5, 5.41) is 0. The van der Waals surface area contributed by atoms with Crippen LogP contribution in [0.5, 0.6) is 0 Å². The van der Waals surface area contributed by atoms with Gasteiger partial charge in [0.25, 0.3) is 0 Å². The minimum absolute atomic E-state index is 0.0693. The first-order valence-corrected chi connectivity index (χ1v) is 7.89. The molecule has 2 N–H and O–H groups in total. The molecular weight excluding hydrogens is 262 g/mol. The van der Waals surface area contributed by atoms with Gasteiger partial charge in [-0.3, -0.25) is 9.69 Å². The molecule has 1 amide bonds. The summed E-state index contributed by atoms with van der Waals surface area (Å²) in [5.41, 5.74) is 8.30. The second kappa shape index (κ2) is 5.78. The molecule has 0 aromatic heterocycles. The zero-order valence-corrected chi connectivity index (χ0v) is 13.0. The molecule has 0 saturated carbocycles. The van der Waals surface area contributed by atoms with Crippen LogP contribution in [0.3, 0.4) is 0 Å². The quantitative estimate of drug-likeness (QED) is 0.900. The van der Waals surface area contributed by atoms with Crippen molar-refractivity contribution in [2.45, 2.75) is 44.3 Å². The van der Waals surface area contributed by atoms with Crippen LogP contribution in [0, 0.1) is 6.92 Å². The zero-order chi connectivity index (χ0) is 15.0. The summed E-state index contributed by atoms with van der Waals surface area (Å²) in [6.45, 7) is 3.70. The number of hydrogen-bond acceptors (Lipinski definition) is 3. The Morgan fingerprint density at radius 1 is 1.19 bits per heavy atom. The lowest BCUT2D eigenvalue weighted by Gasteiger charge is -2.28. The van der Waals surface area contributed by atoms with Crippen molar-refractivity contribution in [1.82, 2.24) is 9.80 Å². The van der Waals surface area contributed by atoms with Gasteiger partial charge in [-0.1, -0.05) is 29.8 Å². The summed E-state index contributed by atoms with van der Waals surface area (Å²) in [4.78, 5) is 17.1. The second-order valence-electron chi connectivity index (χ2n) is 6.51. The maximum absolute atomic E-state index is 12.7. The van der Waals surface area contributed by atoms with Crippen molar-refractivity contribution in [3.8, 4) is 0 Å². The minimum atomic E-state index is -0.535. The number of amides is 1. The van der Waals surface area contributed by atoms with Gasteiger partial charge in [-0.15, -0.1) is 0 Å². The fourth-order valence-corrected chi connectivity index (χ4v) is 3.62. The molecule has 4 nitrogen and oxygen atoms in total. The number of carbonyl (C=O) groups is 1. The molecule has 2 aliphatic rings. The summed E-state index contributed by atoms with van der Waals surface area (Å²) < 4.78 is 0. The van der Waals surface area contributed by atoms with Gasteiger partial charge in [0.15, 0.2) is 0 Å². The maximum Gasteiger partial charge on any atom is 0.244 e. The van der Waals surface area contributed by atoms with Gasteiger partial charge >= 0.3 is 0 Å². The summed E-state index contributed by atoms with van der Waals surface area (Å²) >= 11 is 0. The molecule has 0 spiro atoms. The number of likely N-dealkylation sites (tertiary alicyclic amines) is 1. The number of nitrogens with zero attached hydrogens (tertiary/aromatic N) is 2. The smallest absolute Gasteiger partial charge is 0.244 e. The van der Waals surface area contributed by atoms with E-state index in [0.29, 0.717) is 12.1 Å². The van der Waals surface area contributed by atoms with Gasteiger partial charge in [0.2, 0.25) is 5.91 Å². The summed E-state index contributed by atoms with van der Waals surface area (Å²) in [7, 11) is 2.19. The lowest BCUT2D eigenvalue weighted by molar-refractivity contribution is -0.133. The van der Waals surface area contributed by atoms with Gasteiger partial charge in [-0.25, -0.2) is 0 Å². The lowest BCUT2D eigenvalue weighted by Crippen LogP contribution is -2.43. The van der Waals surface area contributed by atoms with E-state index >= 15 is 0 Å². The molecule has 3 unspecified atom stereocenters. The number of carbonyl (C=O) groups excluding carboxylic acids is 1. The Morgan fingerprint density at radius 3 is 2.57 bits per heavy atom. The first-order chi connectivity index (χ1) is 10.1. The van der Waals surface area contributed by atoms with Crippen LogP contribution in [0.25, 0.3) is 0 Å². The maximum atomic E-state index is 12.7. The fourth-order valence-electron chi connectivity index (χ4n) is 3.62. The summed E-state index contributed by atoms with van der Waals surface area (Å²) in [6, 6.07) is 8.58. The van der Waals surface area contributed by atoms with E-state index in [2.05, 4.69) is 11.9 Å². The van der Waals surface area contributed by atoms with E-state index in [0.717, 1.165) is 25.1 Å². The summed E-state index contributed by atoms with van der Waals surface area (Å²) in [6.07, 6.45) is 3.54. The highest BCUT2D eigenvalue weighted by Crippen LogP contribution is 2.29. The van der Waals surface area contributed by atoms with Crippen LogP contribution < -0.4 is 5.73 Å². The van der Waals surface area contributed by atoms with Gasteiger partial charge < -0.3 is 10.6 Å². The van der Waals surface area contributed by atoms with Gasteiger partial charge in [-0.2, -0.15) is 0 Å². The average molecular weight is 287 g/mol. The zero-order valence-electron chi connectivity index (χ0n) is 13.0. The molecule has 2 heterocycles. The van der Waals surface area contributed by atoms with Crippen molar-refractivity contribution in [3.63, 3.8) is 0 Å². The third kappa shape index (κ3) is 2.83. The predicted molar refractivity (Wildman–Crippen MR) is 83.9 cm³/mol. The first-order valence-electron chi connectivity index (χ1n) is 7.89. The predicted octanol–water partition coefficient (Wildman–Crippen LogP) is 1.69. The molecule has 21 heavy (non-hydrogen) atoms. The number of nitrogens with two attached hydrogens (primary N) is 1. The molecule has 1 aromatic carbocycles. The van der Waals surface area contributed by atoms with Crippen LogP contribution in [0.1, 0.15) is 36.4 Å². The molecule has 2 bridgehead atoms. The number of aryl methyl sites for hydroxylation is 1. The Balaban J connectivity index is 1.71. The van der Waals surface area contributed by atoms with Crippen molar-refractivity contribution in [2.24, 2.45) is 5.73 Å². The van der Waals surface area contributed by atoms with Gasteiger partial charge in [0.05, 0.1) is 0 Å². The van der Waals surface area contributed by atoms with Gasteiger partial charge in [0, 0.05) is 25.2 Å². The monoisotopic (exact) mass is 287 g/mol. The first kappa shape index (κ1) is 14.5. The Hall–Kier alpha value is -1.39. The molecule has 4 heteroatoms. The van der Waals surface area contributed by atoms with E-state index in [1.807, 2.05) is 36.1 Å². The van der Waals surface area contributed by atoms with E-state index in [4.69, 9.17) is 5.73 Å². The normalized spacial score (nSPS) is 27.5. The standard InChI is InChI=1S/C17H25N3O/c1-12-3-5-13(6-4-12)16(18)17(21)20-10-9-14-7-8-15(11-20)19(14)2/h3-6,14-16H,7-11,18H2,1-2H3. The van der Waals surface area contributed by atoms with Crippen molar-refractivity contribution >= 4 is 5.91 Å². The largest absolute Gasteiger partial charge is 0.339 e. The van der Waals surface area contributed by atoms with E-state index in [1.165, 1.54) is 18.4 Å². The molecule has 3 atom stereocenters. The molecule has 1 aromatic rings. The Bertz CT molecular complexity index is 513. The highest BCUT2D eigenvalue weighted by molar-refractivity contribution is 5.83. The van der Waals surface area contributed by atoms with Crippen LogP contribution in [0.15, 0.2) is 24.3 Å². The Labute approximate surface area is 126 Å². The Morgan fingerprint density at radius 2 is 1.86 bits per heavy atom. The summed E-state index contributed by atoms with van der Waals surface area (Å²) in [5.74, 6) is 0.0693. The molecule has 0 radical (unpaired) electrons. The van der Waals surface area contributed by atoms with Gasteiger partial charge in [-0.05, 0) is 38.8 Å². The minimum Gasteiger partial charge on any atom is -0.339 e. The van der Waals surface area contributed by atoms with Crippen molar-refractivity contribution in [2.75, 3.05) is 20.1 Å². The number of hydrogen-bond donors (Lipinski definition) is 1. The van der Waals surface area contributed by atoms with E-state index in [-0.39, 0.29) is 5.91 Å². The van der Waals surface area contributed by atoms with E-state index in [1.54, 1.807) is 0 Å². The second-order valence-corrected chi connectivity index (χ2v) is 6.51. The van der Waals surface area contributed by atoms with Crippen LogP contribution >= 0.6 is 0 Å². The number of fused-ring (bicyclic) bond motifs is 2. The van der Waals surface area contributed by atoms with Crippen LogP contribution in [-0.2, 0) is 4.79 Å². The van der Waals surface area contributed by atoms with E-state index < -0.39 is 6.04 Å². The highest BCUT2D eigenvalue weighted by Gasteiger charge is 2.37. The lowest BCUT2D eigenvalue weighted by atomic mass is 10.0. The van der Waals surface area contributed by atoms with Crippen molar-refractivity contribution < 1.29 is 4.79 Å². The van der Waals surface area contributed by atoms with Crippen LogP contribution in [-0.4, -0.2) is 47.9 Å². The van der Waals surface area contributed by atoms with Crippen LogP contribution in [0.2, 0.25) is 0 Å². The van der Waals surface area contributed by atoms with E-state index in [9.17, 15) is 4.79 Å². The molecule has 3 rings (SSSR count).